The molecule has 31 heavy (non-hydrogen) atoms. The van der Waals surface area contributed by atoms with E-state index in [1.807, 2.05) is 13.0 Å². The van der Waals surface area contributed by atoms with Crippen molar-refractivity contribution < 1.29 is 19.0 Å². The molecule has 1 aromatic carbocycles. The van der Waals surface area contributed by atoms with E-state index in [4.69, 9.17) is 9.47 Å². The molecule has 0 saturated heterocycles. The van der Waals surface area contributed by atoms with E-state index in [1.165, 1.54) is 12.3 Å². The lowest BCUT2D eigenvalue weighted by atomic mass is 9.96. The maximum Gasteiger partial charge on any atom is 0.170 e. The molecule has 5 heterocycles. The monoisotopic (exact) mass is 419 g/mol. The number of fused-ring (bicyclic) bond motifs is 3. The first-order valence-electron chi connectivity index (χ1n) is 9.93. The Morgan fingerprint density at radius 2 is 2.00 bits per heavy atom. The van der Waals surface area contributed by atoms with Gasteiger partial charge in [0.05, 0.1) is 25.3 Å². The van der Waals surface area contributed by atoms with E-state index in [0.29, 0.717) is 41.7 Å². The highest BCUT2D eigenvalue weighted by atomic mass is 19.1. The normalized spacial score (nSPS) is 16.9. The number of aryl methyl sites for hydroxylation is 1. The molecule has 0 unspecified atom stereocenters. The number of hydrogen-bond donors (Lipinski definition) is 2. The van der Waals surface area contributed by atoms with Crippen LogP contribution in [0.15, 0.2) is 36.8 Å². The highest BCUT2D eigenvalue weighted by molar-refractivity contribution is 5.83. The lowest BCUT2D eigenvalue weighted by Gasteiger charge is -2.17. The van der Waals surface area contributed by atoms with E-state index in [9.17, 15) is 9.50 Å². The molecule has 4 aromatic rings. The predicted octanol–water partition coefficient (Wildman–Crippen LogP) is 3.42. The molecule has 0 spiro atoms. The van der Waals surface area contributed by atoms with Crippen LogP contribution in [0.2, 0.25) is 0 Å². The Kier molecular flexibility index (Phi) is 3.80. The van der Waals surface area contributed by atoms with Crippen LogP contribution in [0.25, 0.3) is 16.8 Å². The molecular weight excluding hydrogens is 401 g/mol. The summed E-state index contributed by atoms with van der Waals surface area (Å²) >= 11 is 0. The summed E-state index contributed by atoms with van der Waals surface area (Å²) in [5.74, 6) is 1.62. The molecular formula is C22H18FN5O3. The average molecular weight is 419 g/mol. The van der Waals surface area contributed by atoms with Crippen LogP contribution < -0.4 is 14.8 Å². The topological polar surface area (TPSA) is 93.8 Å². The summed E-state index contributed by atoms with van der Waals surface area (Å²) in [6.07, 6.45) is 2.98. The van der Waals surface area contributed by atoms with E-state index in [2.05, 4.69) is 20.5 Å². The molecule has 0 bridgehead atoms. The molecule has 1 atom stereocenters. The SMILES string of the molecule is Cc1ncc(O)cc1-c1cc2c(n3cnnc13)NCc1c(F)ccc3c1[C@H](CO3)CO2. The number of nitrogens with zero attached hydrogens (tertiary/aromatic N) is 4. The fourth-order valence-electron chi connectivity index (χ4n) is 4.38. The highest BCUT2D eigenvalue weighted by Gasteiger charge is 2.31. The second-order valence-electron chi connectivity index (χ2n) is 7.73. The maximum absolute atomic E-state index is 14.7. The van der Waals surface area contributed by atoms with Crippen LogP contribution >= 0.6 is 0 Å². The summed E-state index contributed by atoms with van der Waals surface area (Å²) in [5, 5.41) is 21.6. The van der Waals surface area contributed by atoms with Crippen LogP contribution in [0.4, 0.5) is 10.2 Å². The molecule has 0 saturated carbocycles. The zero-order chi connectivity index (χ0) is 21.1. The first-order valence-corrected chi connectivity index (χ1v) is 9.93. The Labute approximate surface area is 176 Å². The van der Waals surface area contributed by atoms with Crippen molar-refractivity contribution in [2.75, 3.05) is 18.5 Å². The van der Waals surface area contributed by atoms with Crippen molar-refractivity contribution in [3.63, 3.8) is 0 Å². The van der Waals surface area contributed by atoms with Crippen molar-refractivity contribution in [2.45, 2.75) is 19.4 Å². The fourth-order valence-corrected chi connectivity index (χ4v) is 4.38. The summed E-state index contributed by atoms with van der Waals surface area (Å²) < 4.78 is 28.5. The van der Waals surface area contributed by atoms with Gasteiger partial charge in [-0.1, -0.05) is 0 Å². The van der Waals surface area contributed by atoms with Crippen LogP contribution in [0.3, 0.4) is 0 Å². The van der Waals surface area contributed by atoms with E-state index < -0.39 is 0 Å². The molecule has 0 amide bonds. The van der Waals surface area contributed by atoms with Crippen molar-refractivity contribution in [3.05, 3.63) is 59.4 Å². The highest BCUT2D eigenvalue weighted by Crippen LogP contribution is 2.42. The minimum Gasteiger partial charge on any atom is -0.506 e. The number of nitrogens with one attached hydrogen (secondary N) is 1. The largest absolute Gasteiger partial charge is 0.506 e. The van der Waals surface area contributed by atoms with E-state index >= 15 is 0 Å². The Bertz CT molecular complexity index is 1350. The first kappa shape index (κ1) is 17.9. The zero-order valence-corrected chi connectivity index (χ0v) is 16.6. The van der Waals surface area contributed by atoms with E-state index in [1.54, 1.807) is 22.9 Å². The molecule has 2 N–H and O–H groups in total. The number of benzene rings is 1. The lowest BCUT2D eigenvalue weighted by Crippen LogP contribution is -2.13. The molecule has 8 nitrogen and oxygen atoms in total. The van der Waals surface area contributed by atoms with Gasteiger partial charge in [0.2, 0.25) is 0 Å². The van der Waals surface area contributed by atoms with Crippen LogP contribution in [-0.4, -0.2) is 37.9 Å². The fraction of sp³-hybridized carbons (Fsp3) is 0.227. The molecule has 156 valence electrons. The number of rotatable bonds is 1. The second-order valence-corrected chi connectivity index (χ2v) is 7.73. The van der Waals surface area contributed by atoms with Crippen LogP contribution in [0.1, 0.15) is 22.7 Å². The number of aromatic nitrogens is 4. The number of pyridine rings is 2. The zero-order valence-electron chi connectivity index (χ0n) is 16.6. The summed E-state index contributed by atoms with van der Waals surface area (Å²) in [6, 6.07) is 6.61. The Hall–Kier alpha value is -3.88. The molecule has 0 fully saturated rings. The van der Waals surface area contributed by atoms with Gasteiger partial charge in [-0.25, -0.2) is 4.39 Å². The average Bonchev–Trinajstić information content (AvgIpc) is 3.41. The minimum atomic E-state index is -0.275. The van der Waals surface area contributed by atoms with Gasteiger partial charge in [0.25, 0.3) is 0 Å². The van der Waals surface area contributed by atoms with Gasteiger partial charge in [-0.15, -0.1) is 10.2 Å². The Morgan fingerprint density at radius 1 is 1.16 bits per heavy atom. The Morgan fingerprint density at radius 3 is 2.87 bits per heavy atom. The summed E-state index contributed by atoms with van der Waals surface area (Å²) in [7, 11) is 0. The van der Waals surface area contributed by atoms with Gasteiger partial charge in [-0.05, 0) is 31.2 Å². The number of hydrogen-bond acceptors (Lipinski definition) is 7. The molecule has 0 radical (unpaired) electrons. The standard InChI is InChI=1S/C22H18FN5O3/c1-11-14(4-13(29)6-24-11)15-5-19-22(28-10-26-27-21(15)28)25-7-16-17(23)2-3-18-20(16)12(8-30-18)9-31-19/h2-6,10,12,25,29H,7-9H2,1H3/t12-/m1/s1. The third-order valence-corrected chi connectivity index (χ3v) is 5.88. The van der Waals surface area contributed by atoms with Crippen molar-refractivity contribution >= 4 is 11.5 Å². The molecule has 0 aliphatic carbocycles. The van der Waals surface area contributed by atoms with Crippen molar-refractivity contribution in [2.24, 2.45) is 0 Å². The van der Waals surface area contributed by atoms with Gasteiger partial charge in [0, 0.05) is 34.5 Å². The Balaban J connectivity index is 1.54. The molecule has 9 heteroatoms. The molecule has 3 aromatic heterocycles. The summed E-state index contributed by atoms with van der Waals surface area (Å²) in [4.78, 5) is 4.25. The number of ether oxygens (including phenoxy) is 2. The minimum absolute atomic E-state index is 0.0578. The van der Waals surface area contributed by atoms with Gasteiger partial charge in [-0.3, -0.25) is 9.38 Å². The molecule has 2 aliphatic heterocycles. The maximum atomic E-state index is 14.7. The molecule has 6 rings (SSSR count). The van der Waals surface area contributed by atoms with Gasteiger partial charge in [-0.2, -0.15) is 0 Å². The third-order valence-electron chi connectivity index (χ3n) is 5.88. The molecule has 2 aliphatic rings. The van der Waals surface area contributed by atoms with Crippen LogP contribution in [0, 0.1) is 12.7 Å². The predicted molar refractivity (Wildman–Crippen MR) is 110 cm³/mol. The van der Waals surface area contributed by atoms with E-state index in [0.717, 1.165) is 22.4 Å². The van der Waals surface area contributed by atoms with Gasteiger partial charge < -0.3 is 19.9 Å². The summed E-state index contributed by atoms with van der Waals surface area (Å²) in [6.45, 7) is 2.91. The van der Waals surface area contributed by atoms with Crippen molar-refractivity contribution in [1.29, 1.82) is 0 Å². The van der Waals surface area contributed by atoms with Crippen LogP contribution in [-0.2, 0) is 6.54 Å². The van der Waals surface area contributed by atoms with Crippen LogP contribution in [0.5, 0.6) is 17.2 Å². The van der Waals surface area contributed by atoms with Gasteiger partial charge >= 0.3 is 0 Å². The van der Waals surface area contributed by atoms with Gasteiger partial charge in [0.15, 0.2) is 17.2 Å². The number of halogens is 1. The van der Waals surface area contributed by atoms with Gasteiger partial charge in [0.1, 0.15) is 23.6 Å². The number of aromatic hydroxyl groups is 1. The van der Waals surface area contributed by atoms with Crippen molar-refractivity contribution in [3.8, 4) is 28.4 Å². The third kappa shape index (κ3) is 2.69. The van der Waals surface area contributed by atoms with E-state index in [-0.39, 0.29) is 24.0 Å². The smallest absolute Gasteiger partial charge is 0.170 e. The number of anilines is 1. The second kappa shape index (κ2) is 6.56. The quantitative estimate of drug-likeness (QED) is 0.488. The lowest BCUT2D eigenvalue weighted by molar-refractivity contribution is 0.249. The summed E-state index contributed by atoms with van der Waals surface area (Å²) in [5.41, 5.74) is 4.20. The van der Waals surface area contributed by atoms with Crippen molar-refractivity contribution in [1.82, 2.24) is 19.6 Å². The first-order chi connectivity index (χ1) is 15.1.